The number of hydrogen-bond acceptors (Lipinski definition) is 6. The molecule has 0 unspecified atom stereocenters. The largest absolute Gasteiger partial charge is 0.507 e. The van der Waals surface area contributed by atoms with Crippen LogP contribution in [0.4, 0.5) is 0 Å². The molecule has 0 radical (unpaired) electrons. The van der Waals surface area contributed by atoms with Gasteiger partial charge in [0.2, 0.25) is 5.79 Å². The summed E-state index contributed by atoms with van der Waals surface area (Å²) in [6.07, 6.45) is -0.149. The molecule has 1 aliphatic heterocycles. The molecule has 23 heavy (non-hydrogen) atoms. The van der Waals surface area contributed by atoms with Crippen LogP contribution in [0.5, 0.6) is 17.2 Å². The molecule has 0 aliphatic carbocycles. The molecule has 0 amide bonds. The topological polar surface area (TPSA) is 104 Å². The van der Waals surface area contributed by atoms with E-state index in [1.165, 1.54) is 6.92 Å². The van der Waals surface area contributed by atoms with Crippen molar-refractivity contribution in [1.82, 2.24) is 0 Å². The van der Waals surface area contributed by atoms with E-state index in [2.05, 4.69) is 0 Å². The lowest BCUT2D eigenvalue weighted by Crippen LogP contribution is -2.39. The minimum Gasteiger partial charge on any atom is -0.507 e. The van der Waals surface area contributed by atoms with Gasteiger partial charge in [-0.1, -0.05) is 30.3 Å². The number of aliphatic hydroxyl groups is 1. The van der Waals surface area contributed by atoms with Crippen LogP contribution in [-0.2, 0) is 5.79 Å². The molecule has 2 aromatic carbocycles. The standard InChI is InChI=1S/C17H14O6/c1-9-14(20)11(8-18)15(21)13-12(19)7-17(22,23-16(9)13)10-5-3-2-4-6-10/h2-6,8,20-22H,7H2,1H3/t17-/m0/s1. The maximum Gasteiger partial charge on any atom is 0.242 e. The fourth-order valence-corrected chi connectivity index (χ4v) is 2.72. The number of phenolic OH excluding ortho intramolecular Hbond substituents is 2. The zero-order valence-corrected chi connectivity index (χ0v) is 12.2. The first kappa shape index (κ1) is 15.1. The Morgan fingerprint density at radius 3 is 2.43 bits per heavy atom. The molecule has 2 aromatic rings. The average molecular weight is 314 g/mol. The van der Waals surface area contributed by atoms with E-state index in [9.17, 15) is 24.9 Å². The Bertz CT molecular complexity index is 812. The Morgan fingerprint density at radius 2 is 1.83 bits per heavy atom. The maximum atomic E-state index is 12.4. The highest BCUT2D eigenvalue weighted by atomic mass is 16.6. The molecule has 1 heterocycles. The lowest BCUT2D eigenvalue weighted by Gasteiger charge is -2.35. The Morgan fingerprint density at radius 1 is 1.17 bits per heavy atom. The van der Waals surface area contributed by atoms with Gasteiger partial charge in [0.1, 0.15) is 22.8 Å². The van der Waals surface area contributed by atoms with E-state index in [4.69, 9.17) is 4.74 Å². The molecule has 6 nitrogen and oxygen atoms in total. The third-order valence-electron chi connectivity index (χ3n) is 3.96. The number of benzene rings is 2. The first-order valence-corrected chi connectivity index (χ1v) is 6.93. The molecule has 0 saturated heterocycles. The lowest BCUT2D eigenvalue weighted by atomic mass is 9.89. The molecule has 1 atom stereocenters. The molecule has 0 saturated carbocycles. The van der Waals surface area contributed by atoms with Crippen LogP contribution in [0.3, 0.4) is 0 Å². The highest BCUT2D eigenvalue weighted by Crippen LogP contribution is 2.48. The molecule has 3 N–H and O–H groups in total. The van der Waals surface area contributed by atoms with Crippen LogP contribution < -0.4 is 4.74 Å². The summed E-state index contributed by atoms with van der Waals surface area (Å²) in [6.45, 7) is 1.44. The molecule has 0 fully saturated rings. The first-order valence-electron chi connectivity index (χ1n) is 6.93. The van der Waals surface area contributed by atoms with E-state index in [1.807, 2.05) is 0 Å². The van der Waals surface area contributed by atoms with Crippen LogP contribution in [0.15, 0.2) is 30.3 Å². The third kappa shape index (κ3) is 2.15. The highest BCUT2D eigenvalue weighted by Gasteiger charge is 2.43. The summed E-state index contributed by atoms with van der Waals surface area (Å²) < 4.78 is 5.57. The monoisotopic (exact) mass is 314 g/mol. The van der Waals surface area contributed by atoms with Gasteiger partial charge in [-0.05, 0) is 6.92 Å². The number of aromatic hydroxyl groups is 2. The molecule has 118 valence electrons. The van der Waals surface area contributed by atoms with Crippen molar-refractivity contribution in [2.45, 2.75) is 19.1 Å². The van der Waals surface area contributed by atoms with E-state index in [0.29, 0.717) is 5.56 Å². The Hall–Kier alpha value is -2.86. The zero-order chi connectivity index (χ0) is 16.8. The molecular weight excluding hydrogens is 300 g/mol. The van der Waals surface area contributed by atoms with Gasteiger partial charge in [0.25, 0.3) is 0 Å². The van der Waals surface area contributed by atoms with Gasteiger partial charge in [-0.15, -0.1) is 0 Å². The van der Waals surface area contributed by atoms with Gasteiger partial charge >= 0.3 is 0 Å². The van der Waals surface area contributed by atoms with Crippen molar-refractivity contribution in [2.24, 2.45) is 0 Å². The second kappa shape index (κ2) is 5.10. The second-order valence-corrected chi connectivity index (χ2v) is 5.41. The van der Waals surface area contributed by atoms with Crippen molar-refractivity contribution in [2.75, 3.05) is 0 Å². The van der Waals surface area contributed by atoms with Gasteiger partial charge in [0.15, 0.2) is 12.1 Å². The molecule has 6 heteroatoms. The average Bonchev–Trinajstić information content (AvgIpc) is 2.53. The first-order chi connectivity index (χ1) is 10.9. The van der Waals surface area contributed by atoms with Crippen LogP contribution >= 0.6 is 0 Å². The summed E-state index contributed by atoms with van der Waals surface area (Å²) >= 11 is 0. The van der Waals surface area contributed by atoms with E-state index in [1.54, 1.807) is 30.3 Å². The quantitative estimate of drug-likeness (QED) is 0.733. The summed E-state index contributed by atoms with van der Waals surface area (Å²) in [6, 6.07) is 8.34. The smallest absolute Gasteiger partial charge is 0.242 e. The molecular formula is C17H14O6. The fourth-order valence-electron chi connectivity index (χ4n) is 2.72. The van der Waals surface area contributed by atoms with Crippen LogP contribution in [0.25, 0.3) is 0 Å². The van der Waals surface area contributed by atoms with Crippen molar-refractivity contribution >= 4 is 12.1 Å². The molecule has 0 spiro atoms. The Balaban J connectivity index is 2.22. The minimum absolute atomic E-state index is 0.0994. The third-order valence-corrected chi connectivity index (χ3v) is 3.96. The van der Waals surface area contributed by atoms with Crippen molar-refractivity contribution in [1.29, 1.82) is 0 Å². The van der Waals surface area contributed by atoms with Gasteiger partial charge in [-0.2, -0.15) is 0 Å². The summed E-state index contributed by atoms with van der Waals surface area (Å²) in [5.41, 5.74) is -0.106. The molecule has 0 aromatic heterocycles. The van der Waals surface area contributed by atoms with Crippen molar-refractivity contribution < 1.29 is 29.6 Å². The van der Waals surface area contributed by atoms with Crippen molar-refractivity contribution in [3.05, 3.63) is 52.6 Å². The summed E-state index contributed by atoms with van der Waals surface area (Å²) in [7, 11) is 0. The predicted molar refractivity (Wildman–Crippen MR) is 79.8 cm³/mol. The number of aldehydes is 1. The number of fused-ring (bicyclic) bond motifs is 1. The normalized spacial score (nSPS) is 19.8. The van der Waals surface area contributed by atoms with E-state index >= 15 is 0 Å². The van der Waals surface area contributed by atoms with Crippen LogP contribution in [0.1, 0.15) is 38.3 Å². The number of rotatable bonds is 2. The SMILES string of the molecule is Cc1c(O)c(C=O)c(O)c2c1O[C@](O)(c1ccccc1)CC2=O. The highest BCUT2D eigenvalue weighted by molar-refractivity contribution is 6.06. The van der Waals surface area contributed by atoms with E-state index in [0.717, 1.165) is 0 Å². The van der Waals surface area contributed by atoms with E-state index in [-0.39, 0.29) is 28.7 Å². The maximum absolute atomic E-state index is 12.4. The van der Waals surface area contributed by atoms with Crippen LogP contribution in [0, 0.1) is 6.92 Å². The van der Waals surface area contributed by atoms with Crippen molar-refractivity contribution in [3.8, 4) is 17.2 Å². The Kier molecular flexibility index (Phi) is 3.34. The van der Waals surface area contributed by atoms with Gasteiger partial charge in [0, 0.05) is 11.1 Å². The van der Waals surface area contributed by atoms with Gasteiger partial charge in [0.05, 0.1) is 12.0 Å². The van der Waals surface area contributed by atoms with Crippen molar-refractivity contribution in [3.63, 3.8) is 0 Å². The number of carbonyl (C=O) groups excluding carboxylic acids is 2. The second-order valence-electron chi connectivity index (χ2n) is 5.41. The summed E-state index contributed by atoms with van der Waals surface area (Å²) in [4.78, 5) is 23.4. The number of hydrogen-bond donors (Lipinski definition) is 3. The number of carbonyl (C=O) groups is 2. The molecule has 1 aliphatic rings. The van der Waals surface area contributed by atoms with E-state index < -0.39 is 29.5 Å². The molecule has 3 rings (SSSR count). The fraction of sp³-hybridized carbons (Fsp3) is 0.176. The summed E-state index contributed by atoms with van der Waals surface area (Å²) in [5, 5.41) is 30.8. The van der Waals surface area contributed by atoms with Gasteiger partial charge in [-0.3, -0.25) is 9.59 Å². The summed E-state index contributed by atoms with van der Waals surface area (Å²) in [5.74, 6) is -3.74. The number of ketones is 1. The molecule has 0 bridgehead atoms. The Labute approximate surface area is 131 Å². The number of ether oxygens (including phenoxy) is 1. The number of Topliss-reactive ketones (excluding diaryl/α,β-unsaturated/α-hetero) is 1. The minimum atomic E-state index is -1.91. The van der Waals surface area contributed by atoms with Crippen LogP contribution in [-0.4, -0.2) is 27.4 Å². The number of phenols is 2. The van der Waals surface area contributed by atoms with Gasteiger partial charge in [-0.25, -0.2) is 0 Å². The van der Waals surface area contributed by atoms with Crippen LogP contribution in [0.2, 0.25) is 0 Å². The van der Waals surface area contributed by atoms with Gasteiger partial charge < -0.3 is 20.1 Å². The predicted octanol–water partition coefficient (Wildman–Crippen LogP) is 2.03. The zero-order valence-electron chi connectivity index (χ0n) is 12.2. The lowest BCUT2D eigenvalue weighted by molar-refractivity contribution is -0.147.